The van der Waals surface area contributed by atoms with Crippen molar-refractivity contribution in [2.45, 2.75) is 13.5 Å². The first kappa shape index (κ1) is 16.8. The summed E-state index contributed by atoms with van der Waals surface area (Å²) < 4.78 is 21.4. The Morgan fingerprint density at radius 3 is 2.55 bits per heavy atom. The van der Waals surface area contributed by atoms with Crippen molar-refractivity contribution in [2.75, 3.05) is 47.2 Å². The molecule has 5 nitrogen and oxygen atoms in total. The number of nitrogens with one attached hydrogen (secondary N) is 1. The standard InChI is InChI=1S/C15H25NO4/c1-4-16-12-13-6-5-7-14(18-3)15(13)20-11-10-19-9-8-17-2/h5-7,16H,4,8-12H2,1-3H3. The van der Waals surface area contributed by atoms with Crippen molar-refractivity contribution in [3.8, 4) is 11.5 Å². The largest absolute Gasteiger partial charge is 0.493 e. The second-order valence-corrected chi connectivity index (χ2v) is 4.18. The van der Waals surface area contributed by atoms with Crippen LogP contribution >= 0.6 is 0 Å². The second-order valence-electron chi connectivity index (χ2n) is 4.18. The summed E-state index contributed by atoms with van der Waals surface area (Å²) in [4.78, 5) is 0. The van der Waals surface area contributed by atoms with Crippen molar-refractivity contribution in [3.05, 3.63) is 23.8 Å². The van der Waals surface area contributed by atoms with E-state index in [2.05, 4.69) is 12.2 Å². The lowest BCUT2D eigenvalue weighted by molar-refractivity contribution is 0.0538. The minimum Gasteiger partial charge on any atom is -0.493 e. The van der Waals surface area contributed by atoms with E-state index >= 15 is 0 Å². The highest BCUT2D eigenvalue weighted by molar-refractivity contribution is 5.46. The molecule has 20 heavy (non-hydrogen) atoms. The van der Waals surface area contributed by atoms with Crippen molar-refractivity contribution in [2.24, 2.45) is 0 Å². The molecule has 114 valence electrons. The fraction of sp³-hybridized carbons (Fsp3) is 0.600. The van der Waals surface area contributed by atoms with E-state index in [9.17, 15) is 0 Å². The van der Waals surface area contributed by atoms with Gasteiger partial charge in [-0.15, -0.1) is 0 Å². The Kier molecular flexibility index (Phi) is 8.78. The maximum absolute atomic E-state index is 5.81. The molecule has 0 heterocycles. The van der Waals surface area contributed by atoms with Gasteiger partial charge in [0.1, 0.15) is 6.61 Å². The topological polar surface area (TPSA) is 49.0 Å². The molecule has 0 aliphatic heterocycles. The van der Waals surface area contributed by atoms with E-state index in [4.69, 9.17) is 18.9 Å². The summed E-state index contributed by atoms with van der Waals surface area (Å²) in [5.74, 6) is 1.53. The molecule has 1 rings (SSSR count). The minimum atomic E-state index is 0.489. The molecular weight excluding hydrogens is 258 g/mol. The third-order valence-electron chi connectivity index (χ3n) is 2.75. The zero-order valence-electron chi connectivity index (χ0n) is 12.6. The van der Waals surface area contributed by atoms with E-state index in [0.717, 1.165) is 30.2 Å². The van der Waals surface area contributed by atoms with Gasteiger partial charge in [0.25, 0.3) is 0 Å². The van der Waals surface area contributed by atoms with Gasteiger partial charge in [-0.05, 0) is 12.6 Å². The molecule has 0 spiro atoms. The highest BCUT2D eigenvalue weighted by Gasteiger charge is 2.10. The summed E-state index contributed by atoms with van der Waals surface area (Å²) in [5.41, 5.74) is 1.09. The molecule has 1 N–H and O–H groups in total. The number of para-hydroxylation sites is 1. The van der Waals surface area contributed by atoms with Gasteiger partial charge in [-0.25, -0.2) is 0 Å². The van der Waals surface area contributed by atoms with Crippen molar-refractivity contribution < 1.29 is 18.9 Å². The van der Waals surface area contributed by atoms with Gasteiger partial charge in [0.05, 0.1) is 26.9 Å². The number of ether oxygens (including phenoxy) is 4. The van der Waals surface area contributed by atoms with Crippen molar-refractivity contribution in [1.82, 2.24) is 5.32 Å². The second kappa shape index (κ2) is 10.5. The predicted molar refractivity (Wildman–Crippen MR) is 78.6 cm³/mol. The van der Waals surface area contributed by atoms with Gasteiger partial charge in [0.2, 0.25) is 0 Å². The highest BCUT2D eigenvalue weighted by atomic mass is 16.5. The molecule has 0 fully saturated rings. The van der Waals surface area contributed by atoms with Crippen LogP contribution in [0, 0.1) is 0 Å². The molecule has 0 atom stereocenters. The predicted octanol–water partition coefficient (Wildman–Crippen LogP) is 1.85. The number of hydrogen-bond acceptors (Lipinski definition) is 5. The lowest BCUT2D eigenvalue weighted by atomic mass is 10.2. The SMILES string of the molecule is CCNCc1cccc(OC)c1OCCOCCOC. The van der Waals surface area contributed by atoms with Gasteiger partial charge in [-0.3, -0.25) is 0 Å². The third-order valence-corrected chi connectivity index (χ3v) is 2.75. The Morgan fingerprint density at radius 1 is 1.05 bits per heavy atom. The van der Waals surface area contributed by atoms with Crippen LogP contribution in [0.15, 0.2) is 18.2 Å². The molecule has 0 amide bonds. The summed E-state index contributed by atoms with van der Waals surface area (Å²) in [6.45, 7) is 5.94. The Labute approximate surface area is 121 Å². The van der Waals surface area contributed by atoms with E-state index in [1.165, 1.54) is 0 Å². The van der Waals surface area contributed by atoms with Crippen LogP contribution in [0.3, 0.4) is 0 Å². The molecule has 0 radical (unpaired) electrons. The molecule has 0 aliphatic rings. The van der Waals surface area contributed by atoms with Gasteiger partial charge in [-0.1, -0.05) is 19.1 Å². The number of methoxy groups -OCH3 is 2. The van der Waals surface area contributed by atoms with E-state index in [-0.39, 0.29) is 0 Å². The van der Waals surface area contributed by atoms with Crippen LogP contribution in [-0.4, -0.2) is 47.2 Å². The molecule has 1 aromatic carbocycles. The molecule has 0 aromatic heterocycles. The molecule has 0 saturated heterocycles. The molecule has 5 heteroatoms. The average molecular weight is 283 g/mol. The summed E-state index contributed by atoms with van der Waals surface area (Å²) in [6.07, 6.45) is 0. The van der Waals surface area contributed by atoms with Gasteiger partial charge in [-0.2, -0.15) is 0 Å². The lowest BCUT2D eigenvalue weighted by Crippen LogP contribution is -2.15. The Hall–Kier alpha value is -1.30. The zero-order valence-corrected chi connectivity index (χ0v) is 12.6. The van der Waals surface area contributed by atoms with Crippen molar-refractivity contribution in [1.29, 1.82) is 0 Å². The Bertz CT molecular complexity index is 371. The highest BCUT2D eigenvalue weighted by Crippen LogP contribution is 2.30. The first-order valence-corrected chi connectivity index (χ1v) is 6.89. The first-order valence-electron chi connectivity index (χ1n) is 6.89. The number of hydrogen-bond donors (Lipinski definition) is 1. The monoisotopic (exact) mass is 283 g/mol. The fourth-order valence-corrected chi connectivity index (χ4v) is 1.73. The van der Waals surface area contributed by atoms with Crippen LogP contribution in [-0.2, 0) is 16.0 Å². The minimum absolute atomic E-state index is 0.489. The first-order chi connectivity index (χ1) is 9.83. The molecule has 1 aromatic rings. The molecule has 0 saturated carbocycles. The van der Waals surface area contributed by atoms with E-state index in [0.29, 0.717) is 26.4 Å². The molecular formula is C15H25NO4. The van der Waals surface area contributed by atoms with Crippen LogP contribution in [0.1, 0.15) is 12.5 Å². The van der Waals surface area contributed by atoms with Crippen LogP contribution < -0.4 is 14.8 Å². The summed E-state index contributed by atoms with van der Waals surface area (Å²) in [5, 5.41) is 3.29. The van der Waals surface area contributed by atoms with Gasteiger partial charge < -0.3 is 24.3 Å². The Balaban J connectivity index is 2.52. The van der Waals surface area contributed by atoms with E-state index < -0.39 is 0 Å². The lowest BCUT2D eigenvalue weighted by Gasteiger charge is -2.15. The number of rotatable bonds is 11. The van der Waals surface area contributed by atoms with Gasteiger partial charge in [0.15, 0.2) is 11.5 Å². The van der Waals surface area contributed by atoms with Crippen LogP contribution in [0.2, 0.25) is 0 Å². The fourth-order valence-electron chi connectivity index (χ4n) is 1.73. The summed E-state index contributed by atoms with van der Waals surface area (Å²) in [6, 6.07) is 5.90. The normalized spacial score (nSPS) is 10.6. The average Bonchev–Trinajstić information content (AvgIpc) is 2.49. The van der Waals surface area contributed by atoms with E-state index in [1.807, 2.05) is 18.2 Å². The Morgan fingerprint density at radius 2 is 1.85 bits per heavy atom. The van der Waals surface area contributed by atoms with E-state index in [1.54, 1.807) is 14.2 Å². The van der Waals surface area contributed by atoms with Crippen molar-refractivity contribution >= 4 is 0 Å². The molecule has 0 unspecified atom stereocenters. The number of benzene rings is 1. The van der Waals surface area contributed by atoms with Crippen LogP contribution in [0.25, 0.3) is 0 Å². The zero-order chi connectivity index (χ0) is 14.6. The van der Waals surface area contributed by atoms with Gasteiger partial charge in [0, 0.05) is 19.2 Å². The summed E-state index contributed by atoms with van der Waals surface area (Å²) >= 11 is 0. The third kappa shape index (κ3) is 5.77. The van der Waals surface area contributed by atoms with Crippen molar-refractivity contribution in [3.63, 3.8) is 0 Å². The maximum atomic E-state index is 5.81. The van der Waals surface area contributed by atoms with Crippen LogP contribution in [0.5, 0.6) is 11.5 Å². The smallest absolute Gasteiger partial charge is 0.165 e. The maximum Gasteiger partial charge on any atom is 0.165 e. The van der Waals surface area contributed by atoms with Crippen LogP contribution in [0.4, 0.5) is 0 Å². The quantitative estimate of drug-likeness (QED) is 0.628. The molecule has 0 bridgehead atoms. The van der Waals surface area contributed by atoms with Gasteiger partial charge >= 0.3 is 0 Å². The summed E-state index contributed by atoms with van der Waals surface area (Å²) in [7, 11) is 3.30. The molecule has 0 aliphatic carbocycles.